The predicted molar refractivity (Wildman–Crippen MR) is 190 cm³/mol. The average molecular weight is 564 g/mol. The summed E-state index contributed by atoms with van der Waals surface area (Å²) in [5.74, 6) is 0. The first-order chi connectivity index (χ1) is 24.8. The van der Waals surface area contributed by atoms with Crippen molar-refractivity contribution in [3.63, 3.8) is 0 Å². The molecular formula is C44H28. The van der Waals surface area contributed by atoms with Crippen LogP contribution in [0.2, 0.25) is 0 Å². The van der Waals surface area contributed by atoms with Gasteiger partial charge >= 0.3 is 0 Å². The van der Waals surface area contributed by atoms with Gasteiger partial charge in [-0.1, -0.05) is 158 Å². The molecule has 0 spiro atoms. The third kappa shape index (κ3) is 3.85. The van der Waals surface area contributed by atoms with Crippen LogP contribution in [0.4, 0.5) is 0 Å². The molecule has 0 radical (unpaired) electrons. The number of rotatable bonds is 3. The molecular weight excluding hydrogens is 528 g/mol. The molecule has 0 aromatic heterocycles. The molecule has 0 aliphatic heterocycles. The van der Waals surface area contributed by atoms with Gasteiger partial charge in [-0.2, -0.15) is 0 Å². The van der Waals surface area contributed by atoms with E-state index in [1.54, 1.807) is 0 Å². The van der Waals surface area contributed by atoms with Crippen LogP contribution in [-0.2, 0) is 0 Å². The number of benzene rings is 9. The Balaban J connectivity index is 1.57. The molecule has 0 aliphatic carbocycles. The van der Waals surface area contributed by atoms with Gasteiger partial charge in [-0.25, -0.2) is 0 Å². The van der Waals surface area contributed by atoms with Crippen LogP contribution >= 0.6 is 0 Å². The summed E-state index contributed by atoms with van der Waals surface area (Å²) in [6.07, 6.45) is 0. The Morgan fingerprint density at radius 2 is 0.977 bits per heavy atom. The number of hydrogen-bond donors (Lipinski definition) is 0. The Bertz CT molecular complexity index is 2930. The zero-order valence-electron chi connectivity index (χ0n) is 30.6. The van der Waals surface area contributed by atoms with Gasteiger partial charge in [0.2, 0.25) is 0 Å². The van der Waals surface area contributed by atoms with E-state index in [-0.39, 0.29) is 53.1 Å². The summed E-state index contributed by atoms with van der Waals surface area (Å²) in [5.41, 5.74) is 3.12. The lowest BCUT2D eigenvalue weighted by Crippen LogP contribution is -1.92. The van der Waals surface area contributed by atoms with Crippen LogP contribution < -0.4 is 0 Å². The molecule has 0 bridgehead atoms. The molecule has 0 N–H and O–H groups in total. The van der Waals surface area contributed by atoms with Gasteiger partial charge in [0.05, 0.1) is 9.60 Å². The van der Waals surface area contributed by atoms with Crippen LogP contribution in [0.25, 0.3) is 87.2 Å². The number of hydrogen-bond acceptors (Lipinski definition) is 0. The van der Waals surface area contributed by atoms with Gasteiger partial charge in [0.15, 0.2) is 0 Å². The fourth-order valence-electron chi connectivity index (χ4n) is 6.64. The van der Waals surface area contributed by atoms with Crippen molar-refractivity contribution >= 4 is 53.9 Å². The number of fused-ring (bicyclic) bond motifs is 6. The molecule has 0 heteroatoms. The van der Waals surface area contributed by atoms with E-state index in [1.807, 2.05) is 109 Å². The summed E-state index contributed by atoms with van der Waals surface area (Å²) in [5, 5.41) is 7.14. The van der Waals surface area contributed by atoms with Crippen LogP contribution in [0.3, 0.4) is 0 Å². The van der Waals surface area contributed by atoms with Crippen molar-refractivity contribution < 1.29 is 9.60 Å². The Kier molecular flexibility index (Phi) is 4.23. The second kappa shape index (κ2) is 9.93. The van der Waals surface area contributed by atoms with Crippen LogP contribution in [0.5, 0.6) is 0 Å². The fraction of sp³-hybridized carbons (Fsp3) is 0. The minimum atomic E-state index is -0.381. The van der Waals surface area contributed by atoms with Crippen molar-refractivity contribution in [2.75, 3.05) is 0 Å². The third-order valence-electron chi connectivity index (χ3n) is 8.66. The normalized spacial score (nSPS) is 13.9. The van der Waals surface area contributed by atoms with E-state index in [1.165, 1.54) is 0 Å². The standard InChI is InChI=1S/C44H28/c1-2-11-29(12-3-1)32-23-26-41-42(28-32)43(34-24-25-37-33(27-34)22-21-31-14-5-6-16-35(31)37)39-18-8-9-19-40(39)44(41)38-20-10-15-30-13-4-7-17-36(30)38/h1-28H/i8D,9D,18D,19D,23D,26D,28D. The highest BCUT2D eigenvalue weighted by Gasteiger charge is 2.19. The highest BCUT2D eigenvalue weighted by Crippen LogP contribution is 2.46. The second-order valence-corrected chi connectivity index (χ2v) is 11.1. The van der Waals surface area contributed by atoms with Crippen molar-refractivity contribution in [2.24, 2.45) is 0 Å². The summed E-state index contributed by atoms with van der Waals surface area (Å²) in [7, 11) is 0. The van der Waals surface area contributed by atoms with Crippen LogP contribution in [0.15, 0.2) is 170 Å². The maximum Gasteiger partial charge on any atom is 0.0636 e. The summed E-state index contributed by atoms with van der Waals surface area (Å²) in [6.45, 7) is 0. The first-order valence-electron chi connectivity index (χ1n) is 18.2. The molecule has 0 saturated carbocycles. The molecule has 44 heavy (non-hydrogen) atoms. The van der Waals surface area contributed by atoms with Crippen molar-refractivity contribution in [1.82, 2.24) is 0 Å². The Hall–Kier alpha value is -5.72. The first kappa shape index (κ1) is 18.7. The summed E-state index contributed by atoms with van der Waals surface area (Å²) < 4.78 is 65.4. The van der Waals surface area contributed by atoms with E-state index < -0.39 is 0 Å². The van der Waals surface area contributed by atoms with E-state index in [9.17, 15) is 6.85 Å². The highest BCUT2D eigenvalue weighted by atomic mass is 14.2. The topological polar surface area (TPSA) is 0 Å². The Labute approximate surface area is 266 Å². The molecule has 204 valence electrons. The lowest BCUT2D eigenvalue weighted by atomic mass is 9.83. The Morgan fingerprint density at radius 1 is 0.341 bits per heavy atom. The molecule has 9 aromatic rings. The molecule has 9 rings (SSSR count). The maximum absolute atomic E-state index is 9.90. The molecule has 0 saturated heterocycles. The lowest BCUT2D eigenvalue weighted by molar-refractivity contribution is 1.64. The molecule has 0 unspecified atom stereocenters. The molecule has 0 fully saturated rings. The Morgan fingerprint density at radius 3 is 1.82 bits per heavy atom. The smallest absolute Gasteiger partial charge is 0.0622 e. The van der Waals surface area contributed by atoms with Gasteiger partial charge in [-0.3, -0.25) is 0 Å². The largest absolute Gasteiger partial charge is 0.0636 e. The minimum absolute atomic E-state index is 0.0293. The molecule has 0 atom stereocenters. The highest BCUT2D eigenvalue weighted by molar-refractivity contribution is 6.24. The zero-order valence-corrected chi connectivity index (χ0v) is 23.6. The average Bonchev–Trinajstić information content (AvgIpc) is 3.17. The van der Waals surface area contributed by atoms with Crippen molar-refractivity contribution in [1.29, 1.82) is 0 Å². The molecule has 9 aromatic carbocycles. The van der Waals surface area contributed by atoms with Gasteiger partial charge in [0.1, 0.15) is 0 Å². The van der Waals surface area contributed by atoms with E-state index in [4.69, 9.17) is 2.74 Å². The third-order valence-corrected chi connectivity index (χ3v) is 8.66. The predicted octanol–water partition coefficient (Wildman–Crippen LogP) is 12.5. The molecule has 0 aliphatic rings. The molecule has 0 nitrogen and oxygen atoms in total. The molecule has 0 heterocycles. The van der Waals surface area contributed by atoms with Crippen LogP contribution in [-0.4, -0.2) is 0 Å². The van der Waals surface area contributed by atoms with E-state index in [0.717, 1.165) is 32.3 Å². The van der Waals surface area contributed by atoms with E-state index in [0.29, 0.717) is 44.2 Å². The lowest BCUT2D eigenvalue weighted by Gasteiger charge is -2.20. The van der Waals surface area contributed by atoms with Crippen LogP contribution in [0.1, 0.15) is 9.60 Å². The second-order valence-electron chi connectivity index (χ2n) is 11.1. The van der Waals surface area contributed by atoms with Gasteiger partial charge in [-0.05, 0) is 99.4 Å². The minimum Gasteiger partial charge on any atom is -0.0622 e. The SMILES string of the molecule is [2H]c1c([2H])c([2H])c2c(-c3cccc4ccccc34)c3c([2H])c([2H])c(-c4ccccc4)c([2H])c3c(-c3ccc4c(ccc5ccccc54)c3)c2c1[2H]. The van der Waals surface area contributed by atoms with Crippen molar-refractivity contribution in [2.45, 2.75) is 0 Å². The van der Waals surface area contributed by atoms with Crippen molar-refractivity contribution in [3.05, 3.63) is 170 Å². The summed E-state index contributed by atoms with van der Waals surface area (Å²) >= 11 is 0. The van der Waals surface area contributed by atoms with Crippen LogP contribution in [0, 0.1) is 0 Å². The van der Waals surface area contributed by atoms with Gasteiger partial charge in [0.25, 0.3) is 0 Å². The summed E-state index contributed by atoms with van der Waals surface area (Å²) in [6, 6.07) is 39.6. The van der Waals surface area contributed by atoms with Gasteiger partial charge in [-0.15, -0.1) is 0 Å². The monoisotopic (exact) mass is 563 g/mol. The zero-order chi connectivity index (χ0) is 35.1. The first-order valence-corrected chi connectivity index (χ1v) is 14.7. The quantitative estimate of drug-likeness (QED) is 0.148. The van der Waals surface area contributed by atoms with Gasteiger partial charge < -0.3 is 0 Å². The van der Waals surface area contributed by atoms with Gasteiger partial charge in [0, 0.05) is 0 Å². The van der Waals surface area contributed by atoms with Crippen molar-refractivity contribution in [3.8, 4) is 33.4 Å². The van der Waals surface area contributed by atoms with E-state index >= 15 is 0 Å². The molecule has 0 amide bonds. The van der Waals surface area contributed by atoms with E-state index in [2.05, 4.69) is 18.2 Å². The fourth-order valence-corrected chi connectivity index (χ4v) is 6.64. The summed E-state index contributed by atoms with van der Waals surface area (Å²) in [4.78, 5) is 0. The maximum atomic E-state index is 9.90.